The summed E-state index contributed by atoms with van der Waals surface area (Å²) in [5.74, 6) is -0.585. The summed E-state index contributed by atoms with van der Waals surface area (Å²) < 4.78 is 11.1. The average Bonchev–Trinajstić information content (AvgIpc) is 3.19. The van der Waals surface area contributed by atoms with E-state index in [1.165, 1.54) is 11.3 Å². The summed E-state index contributed by atoms with van der Waals surface area (Å²) in [4.78, 5) is 28.4. The number of nitrogen functional groups attached to an aromatic ring is 1. The van der Waals surface area contributed by atoms with Crippen molar-refractivity contribution in [3.05, 3.63) is 45.5 Å². The molecule has 0 aliphatic carbocycles. The number of fused-ring (bicyclic) bond motifs is 2. The molecule has 1 amide bonds. The Morgan fingerprint density at radius 1 is 1.41 bits per heavy atom. The lowest BCUT2D eigenvalue weighted by molar-refractivity contribution is 0.0300. The first-order valence-electron chi connectivity index (χ1n) is 9.08. The first kappa shape index (κ1) is 19.3. The van der Waals surface area contributed by atoms with Crippen LogP contribution >= 0.6 is 11.3 Å². The average molecular weight is 415 g/mol. The molecule has 0 saturated heterocycles. The van der Waals surface area contributed by atoms with E-state index in [0.29, 0.717) is 34.9 Å². The molecule has 1 aliphatic rings. The van der Waals surface area contributed by atoms with E-state index in [1.807, 2.05) is 25.1 Å². The third kappa shape index (κ3) is 3.43. The van der Waals surface area contributed by atoms with Gasteiger partial charge in [0, 0.05) is 34.4 Å². The van der Waals surface area contributed by atoms with Crippen molar-refractivity contribution in [2.24, 2.45) is 0 Å². The number of carbonyl (C=O) groups excluding carboxylic acids is 1. The maximum Gasteiger partial charge on any atom is 0.338 e. The Balaban J connectivity index is 1.51. The number of aromatic amines is 1. The highest BCUT2D eigenvalue weighted by Crippen LogP contribution is 2.36. The molecule has 2 aromatic heterocycles. The Kier molecular flexibility index (Phi) is 4.93. The van der Waals surface area contributed by atoms with Gasteiger partial charge in [0.25, 0.3) is 5.91 Å². The number of ether oxygens (including phenoxy) is 2. The molecular formula is C20H21N3O5S. The molecule has 3 heterocycles. The summed E-state index contributed by atoms with van der Waals surface area (Å²) in [6.45, 7) is 2.41. The number of nitrogens with two attached hydrogens (primary N) is 1. The first-order valence-corrected chi connectivity index (χ1v) is 9.90. The van der Waals surface area contributed by atoms with Gasteiger partial charge in [-0.15, -0.1) is 11.3 Å². The van der Waals surface area contributed by atoms with Crippen LogP contribution in [0.2, 0.25) is 0 Å². The Morgan fingerprint density at radius 2 is 2.21 bits per heavy atom. The molecule has 5 N–H and O–H groups in total. The lowest BCUT2D eigenvalue weighted by atomic mass is 10.0. The molecule has 1 aliphatic heterocycles. The van der Waals surface area contributed by atoms with E-state index in [4.69, 9.17) is 15.2 Å². The summed E-state index contributed by atoms with van der Waals surface area (Å²) in [5.41, 5.74) is 8.88. The topological polar surface area (TPSA) is 127 Å². The fourth-order valence-corrected chi connectivity index (χ4v) is 4.75. The van der Waals surface area contributed by atoms with E-state index in [-0.39, 0.29) is 24.1 Å². The number of carbonyl (C=O) groups is 2. The molecule has 1 unspecified atom stereocenters. The minimum Gasteiger partial charge on any atom is -0.497 e. The van der Waals surface area contributed by atoms with Crippen molar-refractivity contribution in [1.29, 1.82) is 0 Å². The van der Waals surface area contributed by atoms with E-state index in [2.05, 4.69) is 10.3 Å². The lowest BCUT2D eigenvalue weighted by Gasteiger charge is -2.23. The number of aryl methyl sites for hydroxylation is 1. The van der Waals surface area contributed by atoms with Gasteiger partial charge in [-0.1, -0.05) is 0 Å². The van der Waals surface area contributed by atoms with Gasteiger partial charge in [-0.2, -0.15) is 0 Å². The minimum absolute atomic E-state index is 0.157. The van der Waals surface area contributed by atoms with Crippen LogP contribution in [-0.4, -0.2) is 41.7 Å². The Bertz CT molecular complexity index is 1120. The summed E-state index contributed by atoms with van der Waals surface area (Å²) >= 11 is 1.25. The molecule has 29 heavy (non-hydrogen) atoms. The third-order valence-corrected chi connectivity index (χ3v) is 6.16. The van der Waals surface area contributed by atoms with Crippen LogP contribution in [0, 0.1) is 6.92 Å². The zero-order valence-electron chi connectivity index (χ0n) is 16.0. The second-order valence-electron chi connectivity index (χ2n) is 6.93. The Morgan fingerprint density at radius 3 is 2.93 bits per heavy atom. The quantitative estimate of drug-likeness (QED) is 0.507. The van der Waals surface area contributed by atoms with Crippen LogP contribution in [-0.2, 0) is 17.8 Å². The molecule has 8 nitrogen and oxygen atoms in total. The van der Waals surface area contributed by atoms with Crippen molar-refractivity contribution in [3.8, 4) is 5.75 Å². The predicted octanol–water partition coefficient (Wildman–Crippen LogP) is 2.70. The first-order chi connectivity index (χ1) is 13.9. The number of benzene rings is 1. The number of nitrogens with one attached hydrogen (secondary N) is 2. The SMILES string of the molecule is COc1ccc2[nH]c(C)c(C(=O)NCC3Cc4c(sc(N)c4C(=O)O)CO3)c2c1. The van der Waals surface area contributed by atoms with Crippen LogP contribution in [0.15, 0.2) is 18.2 Å². The molecule has 1 atom stereocenters. The molecule has 0 saturated carbocycles. The van der Waals surface area contributed by atoms with Crippen LogP contribution in [0.3, 0.4) is 0 Å². The number of aromatic carboxylic acids is 1. The van der Waals surface area contributed by atoms with Crippen LogP contribution in [0.5, 0.6) is 5.75 Å². The second-order valence-corrected chi connectivity index (χ2v) is 8.07. The normalized spacial score (nSPS) is 15.9. The number of amides is 1. The van der Waals surface area contributed by atoms with Crippen molar-refractivity contribution in [1.82, 2.24) is 10.3 Å². The molecule has 3 aromatic rings. The standard InChI is InChI=1S/C20H21N3O5S/c1-9-16(12-5-10(27-2)3-4-14(12)23-9)19(24)22-7-11-6-13-15(8-28-11)29-18(21)17(13)20(25)26/h3-5,11,23H,6-8,21H2,1-2H3,(H,22,24)(H,25,26). The highest BCUT2D eigenvalue weighted by atomic mass is 32.1. The second kappa shape index (κ2) is 7.41. The summed E-state index contributed by atoms with van der Waals surface area (Å²) in [7, 11) is 1.58. The number of methoxy groups -OCH3 is 1. The number of carboxylic acids is 1. The van der Waals surface area contributed by atoms with E-state index >= 15 is 0 Å². The summed E-state index contributed by atoms with van der Waals surface area (Å²) in [6.07, 6.45) is 0.0737. The van der Waals surface area contributed by atoms with Crippen molar-refractivity contribution in [2.45, 2.75) is 26.1 Å². The Hall–Kier alpha value is -3.04. The van der Waals surface area contributed by atoms with E-state index in [1.54, 1.807) is 7.11 Å². The van der Waals surface area contributed by atoms with Crippen LogP contribution < -0.4 is 15.8 Å². The van der Waals surface area contributed by atoms with Crippen molar-refractivity contribution in [3.63, 3.8) is 0 Å². The van der Waals surface area contributed by atoms with Gasteiger partial charge in [0.05, 0.1) is 30.9 Å². The smallest absolute Gasteiger partial charge is 0.338 e. The van der Waals surface area contributed by atoms with Gasteiger partial charge in [0.2, 0.25) is 0 Å². The zero-order chi connectivity index (χ0) is 20.7. The highest BCUT2D eigenvalue weighted by molar-refractivity contribution is 7.16. The van der Waals surface area contributed by atoms with E-state index in [9.17, 15) is 14.7 Å². The Labute approximate surface area is 170 Å². The van der Waals surface area contributed by atoms with Gasteiger partial charge in [-0.25, -0.2) is 4.79 Å². The number of rotatable bonds is 5. The predicted molar refractivity (Wildman–Crippen MR) is 110 cm³/mol. The number of hydrogen-bond acceptors (Lipinski definition) is 6. The third-order valence-electron chi connectivity index (χ3n) is 5.12. The molecule has 9 heteroatoms. The molecule has 1 aromatic carbocycles. The lowest BCUT2D eigenvalue weighted by Crippen LogP contribution is -2.37. The zero-order valence-corrected chi connectivity index (χ0v) is 16.8. The van der Waals surface area contributed by atoms with Crippen LogP contribution in [0.4, 0.5) is 5.00 Å². The van der Waals surface area contributed by atoms with Crippen molar-refractivity contribution < 1.29 is 24.2 Å². The van der Waals surface area contributed by atoms with Gasteiger partial charge in [0.15, 0.2) is 0 Å². The maximum absolute atomic E-state index is 12.9. The number of anilines is 1. The number of H-pyrrole nitrogens is 1. The molecule has 152 valence electrons. The summed E-state index contributed by atoms with van der Waals surface area (Å²) in [6, 6.07) is 5.53. The van der Waals surface area contributed by atoms with Crippen LogP contribution in [0.25, 0.3) is 10.9 Å². The number of carboxylic acid groups (broad SMARTS) is 1. The van der Waals surface area contributed by atoms with Gasteiger partial charge in [0.1, 0.15) is 10.8 Å². The number of aromatic nitrogens is 1. The van der Waals surface area contributed by atoms with Gasteiger partial charge in [-0.3, -0.25) is 4.79 Å². The van der Waals surface area contributed by atoms with E-state index in [0.717, 1.165) is 21.5 Å². The van der Waals surface area contributed by atoms with Gasteiger partial charge < -0.3 is 30.6 Å². The monoisotopic (exact) mass is 415 g/mol. The summed E-state index contributed by atoms with van der Waals surface area (Å²) in [5, 5.41) is 13.4. The fraction of sp³-hybridized carbons (Fsp3) is 0.300. The molecule has 0 spiro atoms. The molecule has 0 fully saturated rings. The van der Waals surface area contributed by atoms with Gasteiger partial charge >= 0.3 is 5.97 Å². The van der Waals surface area contributed by atoms with E-state index < -0.39 is 5.97 Å². The maximum atomic E-state index is 12.9. The van der Waals surface area contributed by atoms with Crippen molar-refractivity contribution >= 4 is 39.1 Å². The minimum atomic E-state index is -1.03. The fourth-order valence-electron chi connectivity index (χ4n) is 3.73. The number of hydrogen-bond donors (Lipinski definition) is 4. The molecule has 4 rings (SSSR count). The van der Waals surface area contributed by atoms with Crippen LogP contribution in [0.1, 0.15) is 36.9 Å². The highest BCUT2D eigenvalue weighted by Gasteiger charge is 2.29. The molecule has 0 radical (unpaired) electrons. The number of thiophene rings is 1. The largest absolute Gasteiger partial charge is 0.497 e. The molecular weight excluding hydrogens is 394 g/mol. The van der Waals surface area contributed by atoms with Gasteiger partial charge in [-0.05, 0) is 30.7 Å². The van der Waals surface area contributed by atoms with Crippen molar-refractivity contribution in [2.75, 3.05) is 19.4 Å². The molecule has 0 bridgehead atoms.